The zero-order valence-corrected chi connectivity index (χ0v) is 17.6. The Labute approximate surface area is 178 Å². The molecule has 3 aromatic heterocycles. The Morgan fingerprint density at radius 1 is 1.07 bits per heavy atom. The lowest BCUT2D eigenvalue weighted by Gasteiger charge is -2.05. The lowest BCUT2D eigenvalue weighted by Crippen LogP contribution is -2.27. The quantitative estimate of drug-likeness (QED) is 0.493. The van der Waals surface area contributed by atoms with E-state index in [0.29, 0.717) is 31.5 Å². The number of anilines is 2. The summed E-state index contributed by atoms with van der Waals surface area (Å²) in [6, 6.07) is 9.06. The van der Waals surface area contributed by atoms with Crippen LogP contribution in [0.4, 0.5) is 10.8 Å². The molecule has 0 bridgehead atoms. The summed E-state index contributed by atoms with van der Waals surface area (Å²) in [7, 11) is 0. The fourth-order valence-electron chi connectivity index (χ4n) is 2.86. The minimum Gasteiger partial charge on any atom is -0.321 e. The van der Waals surface area contributed by atoms with Crippen LogP contribution in [0.15, 0.2) is 41.5 Å². The third-order valence-electron chi connectivity index (χ3n) is 4.24. The van der Waals surface area contributed by atoms with Crippen LogP contribution in [0.25, 0.3) is 10.2 Å². The maximum absolute atomic E-state index is 12.9. The van der Waals surface area contributed by atoms with Crippen molar-refractivity contribution >= 4 is 55.5 Å². The van der Waals surface area contributed by atoms with Crippen molar-refractivity contribution in [2.75, 3.05) is 10.6 Å². The number of thiophene rings is 1. The molecule has 9 nitrogen and oxygen atoms in total. The van der Waals surface area contributed by atoms with Crippen molar-refractivity contribution in [3.63, 3.8) is 0 Å². The van der Waals surface area contributed by atoms with Crippen LogP contribution in [0.3, 0.4) is 0 Å². The Balaban J connectivity index is 1.59. The van der Waals surface area contributed by atoms with E-state index in [9.17, 15) is 14.4 Å². The van der Waals surface area contributed by atoms with Gasteiger partial charge >= 0.3 is 0 Å². The third-order valence-corrected chi connectivity index (χ3v) is 6.19. The van der Waals surface area contributed by atoms with Crippen molar-refractivity contribution in [3.8, 4) is 0 Å². The first-order valence-electron chi connectivity index (χ1n) is 8.87. The van der Waals surface area contributed by atoms with Gasteiger partial charge in [-0.3, -0.25) is 24.3 Å². The number of hydrogen-bond donors (Lipinski definition) is 2. The molecule has 0 unspecified atom stereocenters. The van der Waals surface area contributed by atoms with Gasteiger partial charge in [0.05, 0.1) is 16.6 Å². The van der Waals surface area contributed by atoms with Crippen LogP contribution in [0.1, 0.15) is 20.2 Å². The first kappa shape index (κ1) is 19.9. The highest BCUT2D eigenvalue weighted by atomic mass is 32.1. The first-order chi connectivity index (χ1) is 14.4. The molecule has 1 aromatic carbocycles. The lowest BCUT2D eigenvalue weighted by atomic mass is 10.2. The number of rotatable bonds is 5. The Morgan fingerprint density at radius 3 is 2.53 bits per heavy atom. The predicted molar refractivity (Wildman–Crippen MR) is 116 cm³/mol. The Bertz CT molecular complexity index is 1310. The average Bonchev–Trinajstić information content (AvgIpc) is 3.28. The molecule has 0 aliphatic carbocycles. The highest BCUT2D eigenvalue weighted by Crippen LogP contribution is 2.27. The Hall–Kier alpha value is -3.44. The predicted octanol–water partition coefficient (Wildman–Crippen LogP) is 2.82. The summed E-state index contributed by atoms with van der Waals surface area (Å²) in [6.45, 7) is 3.26. The van der Waals surface area contributed by atoms with E-state index in [-0.39, 0.29) is 18.0 Å². The van der Waals surface area contributed by atoms with Crippen molar-refractivity contribution in [3.05, 3.63) is 62.5 Å². The van der Waals surface area contributed by atoms with Crippen LogP contribution in [0, 0.1) is 13.8 Å². The van der Waals surface area contributed by atoms with Crippen molar-refractivity contribution in [1.82, 2.24) is 19.7 Å². The highest BCUT2D eigenvalue weighted by Gasteiger charge is 2.20. The van der Waals surface area contributed by atoms with Gasteiger partial charge < -0.3 is 5.32 Å². The van der Waals surface area contributed by atoms with Crippen LogP contribution in [0.5, 0.6) is 0 Å². The van der Waals surface area contributed by atoms with Crippen LogP contribution in [-0.4, -0.2) is 31.6 Å². The number of hydrogen-bond acceptors (Lipinski definition) is 8. The van der Waals surface area contributed by atoms with E-state index in [0.717, 1.165) is 16.3 Å². The zero-order valence-electron chi connectivity index (χ0n) is 16.0. The molecule has 2 amide bonds. The van der Waals surface area contributed by atoms with Crippen molar-refractivity contribution in [2.45, 2.75) is 20.4 Å². The SMILES string of the molecule is Cc1nnc(NC(=O)Cn2cnc3sc(C(=O)Nc4ccccc4)c(C)c3c2=O)s1. The molecule has 0 atom stereocenters. The van der Waals surface area contributed by atoms with E-state index in [1.165, 1.54) is 22.2 Å². The molecule has 0 aliphatic heterocycles. The van der Waals surface area contributed by atoms with Crippen LogP contribution >= 0.6 is 22.7 Å². The smallest absolute Gasteiger partial charge is 0.266 e. The van der Waals surface area contributed by atoms with Gasteiger partial charge in [-0.15, -0.1) is 21.5 Å². The normalized spacial score (nSPS) is 10.9. The van der Waals surface area contributed by atoms with Gasteiger partial charge in [0.15, 0.2) is 0 Å². The largest absolute Gasteiger partial charge is 0.321 e. The summed E-state index contributed by atoms with van der Waals surface area (Å²) in [5.41, 5.74) is 0.819. The molecule has 0 spiro atoms. The highest BCUT2D eigenvalue weighted by molar-refractivity contribution is 7.20. The molecular formula is C19H16N6O3S2. The molecule has 0 aliphatic rings. The molecule has 4 rings (SSSR count). The number of carbonyl (C=O) groups excluding carboxylic acids is 2. The fraction of sp³-hybridized carbons (Fsp3) is 0.158. The zero-order chi connectivity index (χ0) is 21.3. The average molecular weight is 441 g/mol. The lowest BCUT2D eigenvalue weighted by molar-refractivity contribution is -0.116. The second-order valence-electron chi connectivity index (χ2n) is 6.41. The second-order valence-corrected chi connectivity index (χ2v) is 8.59. The number of carbonyl (C=O) groups is 2. The summed E-state index contributed by atoms with van der Waals surface area (Å²) in [5.74, 6) is -0.721. The third kappa shape index (κ3) is 3.98. The van der Waals surface area contributed by atoms with Gasteiger partial charge in [-0.25, -0.2) is 4.98 Å². The van der Waals surface area contributed by atoms with Crippen LogP contribution < -0.4 is 16.2 Å². The molecule has 4 aromatic rings. The topological polar surface area (TPSA) is 119 Å². The van der Waals surface area contributed by atoms with Gasteiger partial charge in [0.25, 0.3) is 11.5 Å². The van der Waals surface area contributed by atoms with Crippen molar-refractivity contribution in [2.24, 2.45) is 0 Å². The number of benzene rings is 1. The maximum atomic E-state index is 12.9. The molecule has 30 heavy (non-hydrogen) atoms. The van der Waals surface area contributed by atoms with E-state index < -0.39 is 5.91 Å². The Morgan fingerprint density at radius 2 is 1.83 bits per heavy atom. The molecule has 152 valence electrons. The summed E-state index contributed by atoms with van der Waals surface area (Å²) in [5, 5.41) is 14.5. The maximum Gasteiger partial charge on any atom is 0.266 e. The molecule has 11 heteroatoms. The summed E-state index contributed by atoms with van der Waals surface area (Å²) >= 11 is 2.39. The van der Waals surface area contributed by atoms with Gasteiger partial charge in [0, 0.05) is 5.69 Å². The number of nitrogens with one attached hydrogen (secondary N) is 2. The standard InChI is InChI=1S/C19H16N6O3S2/c1-10-14-17(30-15(10)16(27)21-12-6-4-3-5-7-12)20-9-25(18(14)28)8-13(26)22-19-24-23-11(2)29-19/h3-7,9H,8H2,1-2H3,(H,21,27)(H,22,24,26). The number of aromatic nitrogens is 4. The van der Waals surface area contributed by atoms with Crippen molar-refractivity contribution in [1.29, 1.82) is 0 Å². The minimum absolute atomic E-state index is 0.221. The van der Waals surface area contributed by atoms with E-state index in [1.54, 1.807) is 26.0 Å². The van der Waals surface area contributed by atoms with E-state index >= 15 is 0 Å². The van der Waals surface area contributed by atoms with E-state index in [1.807, 2.05) is 18.2 Å². The molecule has 0 saturated heterocycles. The molecule has 0 radical (unpaired) electrons. The van der Waals surface area contributed by atoms with Gasteiger partial charge in [0.1, 0.15) is 16.4 Å². The van der Waals surface area contributed by atoms with Gasteiger partial charge in [-0.2, -0.15) is 0 Å². The van der Waals surface area contributed by atoms with Gasteiger partial charge in [0.2, 0.25) is 11.0 Å². The molecule has 0 fully saturated rings. The molecule has 3 heterocycles. The van der Waals surface area contributed by atoms with Crippen LogP contribution in [-0.2, 0) is 11.3 Å². The number of para-hydroxylation sites is 1. The van der Waals surface area contributed by atoms with Crippen molar-refractivity contribution < 1.29 is 9.59 Å². The van der Waals surface area contributed by atoms with E-state index in [2.05, 4.69) is 25.8 Å². The number of fused-ring (bicyclic) bond motifs is 1. The summed E-state index contributed by atoms with van der Waals surface area (Å²) in [4.78, 5) is 43.0. The summed E-state index contributed by atoms with van der Waals surface area (Å²) < 4.78 is 1.21. The number of aryl methyl sites for hydroxylation is 2. The second kappa shape index (κ2) is 8.13. The minimum atomic E-state index is -0.413. The van der Waals surface area contributed by atoms with Gasteiger partial charge in [-0.1, -0.05) is 29.5 Å². The Kier molecular flexibility index (Phi) is 5.38. The number of nitrogens with zero attached hydrogens (tertiary/aromatic N) is 4. The van der Waals surface area contributed by atoms with E-state index in [4.69, 9.17) is 0 Å². The summed E-state index contributed by atoms with van der Waals surface area (Å²) in [6.07, 6.45) is 1.31. The van der Waals surface area contributed by atoms with Crippen LogP contribution in [0.2, 0.25) is 0 Å². The molecule has 2 N–H and O–H groups in total. The fourth-order valence-corrected chi connectivity index (χ4v) is 4.50. The molecular weight excluding hydrogens is 424 g/mol. The number of amides is 2. The van der Waals surface area contributed by atoms with Gasteiger partial charge in [-0.05, 0) is 31.5 Å². The first-order valence-corrected chi connectivity index (χ1v) is 10.5. The molecule has 0 saturated carbocycles. The monoisotopic (exact) mass is 440 g/mol.